The van der Waals surface area contributed by atoms with Crippen molar-refractivity contribution in [3.05, 3.63) is 82.3 Å². The molecule has 1 aliphatic carbocycles. The molecule has 9 heteroatoms. The summed E-state index contributed by atoms with van der Waals surface area (Å²) in [6, 6.07) is 16.1. The molecule has 4 N–H and O–H groups in total. The van der Waals surface area contributed by atoms with E-state index in [9.17, 15) is 29.8 Å². The van der Waals surface area contributed by atoms with Gasteiger partial charge in [-0.15, -0.1) is 4.91 Å². The average molecular weight is 448 g/mol. The first-order valence-electron chi connectivity index (χ1n) is 10.1. The van der Waals surface area contributed by atoms with Crippen LogP contribution in [-0.2, 0) is 16.0 Å². The van der Waals surface area contributed by atoms with E-state index in [1.165, 1.54) is 0 Å². The molecule has 0 saturated heterocycles. The normalized spacial score (nSPS) is 13.0. The van der Waals surface area contributed by atoms with E-state index in [1.54, 1.807) is 0 Å². The molecule has 4 rings (SSSR count). The zero-order valence-electron chi connectivity index (χ0n) is 17.3. The Balaban J connectivity index is 1.46. The van der Waals surface area contributed by atoms with E-state index in [0.717, 1.165) is 34.4 Å². The van der Waals surface area contributed by atoms with Gasteiger partial charge in [-0.1, -0.05) is 48.5 Å². The van der Waals surface area contributed by atoms with Crippen LogP contribution in [0, 0.1) is 4.91 Å². The summed E-state index contributed by atoms with van der Waals surface area (Å²) in [6.45, 7) is 0.00979. The molecule has 0 aliphatic heterocycles. The van der Waals surface area contributed by atoms with Crippen LogP contribution in [0.1, 0.15) is 22.6 Å². The summed E-state index contributed by atoms with van der Waals surface area (Å²) in [7, 11) is 0. The average Bonchev–Trinajstić information content (AvgIpc) is 3.12. The lowest BCUT2D eigenvalue weighted by molar-refractivity contribution is -0.139. The van der Waals surface area contributed by atoms with Crippen LogP contribution >= 0.6 is 0 Å². The summed E-state index contributed by atoms with van der Waals surface area (Å²) in [5.41, 5.74) is 3.83. The van der Waals surface area contributed by atoms with Crippen LogP contribution in [0.5, 0.6) is 11.5 Å². The van der Waals surface area contributed by atoms with Crippen LogP contribution in [0.25, 0.3) is 11.1 Å². The summed E-state index contributed by atoms with van der Waals surface area (Å²) in [5, 5.41) is 33.9. The van der Waals surface area contributed by atoms with Gasteiger partial charge in [0.15, 0.2) is 0 Å². The fourth-order valence-electron chi connectivity index (χ4n) is 4.05. The summed E-state index contributed by atoms with van der Waals surface area (Å²) in [6.07, 6.45) is -1.29. The zero-order chi connectivity index (χ0) is 23.5. The molecule has 0 spiro atoms. The van der Waals surface area contributed by atoms with Crippen molar-refractivity contribution < 1.29 is 29.6 Å². The highest BCUT2D eigenvalue weighted by molar-refractivity contribution is 5.81. The Kier molecular flexibility index (Phi) is 5.95. The first kappa shape index (κ1) is 21.8. The molecule has 0 fully saturated rings. The number of nitrogens with zero attached hydrogens (tertiary/aromatic N) is 1. The Hall–Kier alpha value is -4.40. The molecule has 9 nitrogen and oxygen atoms in total. The van der Waals surface area contributed by atoms with Gasteiger partial charge in [0.2, 0.25) is 0 Å². The lowest BCUT2D eigenvalue weighted by Crippen LogP contribution is -2.42. The Bertz CT molecular complexity index is 1200. The summed E-state index contributed by atoms with van der Waals surface area (Å²) >= 11 is 0. The molecule has 1 amide bonds. The fraction of sp³-hybridized carbons (Fsp3) is 0.167. The molecule has 3 aromatic rings. The first-order valence-corrected chi connectivity index (χ1v) is 10.1. The van der Waals surface area contributed by atoms with Crippen LogP contribution in [0.3, 0.4) is 0 Å². The Morgan fingerprint density at radius 2 is 1.58 bits per heavy atom. The van der Waals surface area contributed by atoms with Crippen molar-refractivity contribution in [2.24, 2.45) is 5.18 Å². The maximum atomic E-state index is 12.4. The van der Waals surface area contributed by atoms with Gasteiger partial charge >= 0.3 is 12.1 Å². The fourth-order valence-corrected chi connectivity index (χ4v) is 4.05. The quantitative estimate of drug-likeness (QED) is 0.399. The van der Waals surface area contributed by atoms with E-state index in [-0.39, 0.29) is 30.2 Å². The van der Waals surface area contributed by atoms with Gasteiger partial charge in [0.1, 0.15) is 29.8 Å². The second-order valence-corrected chi connectivity index (χ2v) is 7.63. The highest BCUT2D eigenvalue weighted by Crippen LogP contribution is 2.44. The number of phenols is 2. The lowest BCUT2D eigenvalue weighted by Gasteiger charge is -2.18. The maximum absolute atomic E-state index is 12.4. The van der Waals surface area contributed by atoms with E-state index in [2.05, 4.69) is 10.5 Å². The number of aliphatic carboxylic acids is 1. The molecule has 33 heavy (non-hydrogen) atoms. The molecule has 0 aromatic heterocycles. The van der Waals surface area contributed by atoms with Gasteiger partial charge in [-0.05, 0) is 39.1 Å². The minimum Gasteiger partial charge on any atom is -0.508 e. The Labute approximate surface area is 188 Å². The molecular weight excluding hydrogens is 428 g/mol. The summed E-state index contributed by atoms with van der Waals surface area (Å²) in [4.78, 5) is 34.9. The van der Waals surface area contributed by atoms with Gasteiger partial charge in [-0.2, -0.15) is 0 Å². The second-order valence-electron chi connectivity index (χ2n) is 7.63. The molecule has 3 aromatic carbocycles. The number of carbonyl (C=O) groups is 2. The van der Waals surface area contributed by atoms with Gasteiger partial charge in [0.25, 0.3) is 0 Å². The third kappa shape index (κ3) is 4.33. The largest absolute Gasteiger partial charge is 0.508 e. The minimum atomic E-state index is -1.45. The third-order valence-electron chi connectivity index (χ3n) is 5.63. The van der Waals surface area contributed by atoms with E-state index >= 15 is 0 Å². The van der Waals surface area contributed by atoms with Crippen LogP contribution in [0.4, 0.5) is 10.5 Å². The van der Waals surface area contributed by atoms with E-state index in [4.69, 9.17) is 4.74 Å². The molecule has 1 aliphatic rings. The van der Waals surface area contributed by atoms with Crippen molar-refractivity contribution in [1.29, 1.82) is 0 Å². The highest BCUT2D eigenvalue weighted by Gasteiger charge is 2.30. The minimum absolute atomic E-state index is 0.00979. The number of hydrogen-bond acceptors (Lipinski definition) is 7. The number of phenolic OH excluding ortho intramolecular Hbond substituents is 2. The molecule has 0 unspecified atom stereocenters. The van der Waals surface area contributed by atoms with Crippen molar-refractivity contribution in [3.63, 3.8) is 0 Å². The highest BCUT2D eigenvalue weighted by atomic mass is 16.5. The monoisotopic (exact) mass is 448 g/mol. The number of fused-ring (bicyclic) bond motifs is 3. The number of carboxylic acids is 1. The molecule has 0 bridgehead atoms. The van der Waals surface area contributed by atoms with Crippen LogP contribution in [-0.4, -0.2) is 40.0 Å². The van der Waals surface area contributed by atoms with Crippen molar-refractivity contribution in [2.45, 2.75) is 18.4 Å². The molecule has 0 saturated carbocycles. The number of ether oxygens (including phenoxy) is 1. The van der Waals surface area contributed by atoms with Gasteiger partial charge in [-0.25, -0.2) is 9.59 Å². The number of hydrogen-bond donors (Lipinski definition) is 4. The van der Waals surface area contributed by atoms with Gasteiger partial charge in [0.05, 0.1) is 0 Å². The van der Waals surface area contributed by atoms with Crippen molar-refractivity contribution in [3.8, 4) is 22.6 Å². The number of carbonyl (C=O) groups excluding carboxylic acids is 1. The summed E-state index contributed by atoms with van der Waals surface area (Å²) in [5.74, 6) is -2.52. The lowest BCUT2D eigenvalue weighted by atomic mass is 9.98. The number of aromatic hydroxyl groups is 2. The number of nitrogens with one attached hydrogen (secondary N) is 1. The smallest absolute Gasteiger partial charge is 0.407 e. The molecular formula is C24H20N2O7. The maximum Gasteiger partial charge on any atom is 0.407 e. The molecule has 0 heterocycles. The number of carboxylic acid groups (broad SMARTS) is 1. The summed E-state index contributed by atoms with van der Waals surface area (Å²) < 4.78 is 5.37. The Morgan fingerprint density at radius 3 is 2.15 bits per heavy atom. The van der Waals surface area contributed by atoms with Gasteiger partial charge < -0.3 is 25.4 Å². The van der Waals surface area contributed by atoms with Crippen LogP contribution in [0.2, 0.25) is 0 Å². The number of benzene rings is 3. The van der Waals surface area contributed by atoms with Crippen molar-refractivity contribution in [1.82, 2.24) is 5.32 Å². The van der Waals surface area contributed by atoms with Gasteiger partial charge in [0, 0.05) is 18.4 Å². The topological polar surface area (TPSA) is 146 Å². The van der Waals surface area contributed by atoms with E-state index < -0.39 is 29.6 Å². The van der Waals surface area contributed by atoms with Crippen molar-refractivity contribution in [2.75, 3.05) is 6.61 Å². The standard InChI is InChI=1S/C24H20N2O7/c27-21-11-22(28)19(26-32)9-13(21)10-20(23(29)30)25-24(31)33-12-18-16-7-3-1-5-14(16)15-6-2-4-8-17(15)18/h1-9,11,18,20,27-28H,10,12H2,(H,25,31)(H,29,30)/t20-/m0/s1. The number of alkyl carbamates (subject to hydrolysis) is 1. The molecule has 1 atom stereocenters. The van der Waals surface area contributed by atoms with Gasteiger partial charge in [-0.3, -0.25) is 0 Å². The first-order chi connectivity index (χ1) is 15.9. The van der Waals surface area contributed by atoms with E-state index in [0.29, 0.717) is 0 Å². The third-order valence-corrected chi connectivity index (χ3v) is 5.63. The SMILES string of the molecule is O=Nc1cc(C[C@H](NC(=O)OCC2c3ccccc3-c3ccccc32)C(=O)O)c(O)cc1O. The second kappa shape index (κ2) is 8.99. The number of rotatable bonds is 7. The predicted octanol–water partition coefficient (Wildman–Crippen LogP) is 4.03. The molecule has 0 radical (unpaired) electrons. The number of amides is 1. The van der Waals surface area contributed by atoms with Crippen LogP contribution in [0.15, 0.2) is 65.8 Å². The van der Waals surface area contributed by atoms with Crippen molar-refractivity contribution >= 4 is 17.7 Å². The van der Waals surface area contributed by atoms with Crippen LogP contribution < -0.4 is 5.32 Å². The Morgan fingerprint density at radius 1 is 0.970 bits per heavy atom. The van der Waals surface area contributed by atoms with E-state index in [1.807, 2.05) is 48.5 Å². The molecule has 168 valence electrons. The number of nitroso groups, excluding NO2 is 1. The predicted molar refractivity (Wildman–Crippen MR) is 119 cm³/mol. The zero-order valence-corrected chi connectivity index (χ0v) is 17.3.